The van der Waals surface area contributed by atoms with Crippen LogP contribution in [0.2, 0.25) is 5.02 Å². The van der Waals surface area contributed by atoms with Crippen molar-refractivity contribution in [2.24, 2.45) is 0 Å². The largest absolute Gasteiger partial charge is 0.490 e. The molecule has 0 bridgehead atoms. The van der Waals surface area contributed by atoms with Gasteiger partial charge in [-0.2, -0.15) is 5.26 Å². The maximum absolute atomic E-state index is 12.6. The van der Waals surface area contributed by atoms with Gasteiger partial charge in [0.25, 0.3) is 5.91 Å². The van der Waals surface area contributed by atoms with E-state index in [1.54, 1.807) is 6.07 Å². The van der Waals surface area contributed by atoms with Gasteiger partial charge in [-0.15, -0.1) is 0 Å². The highest BCUT2D eigenvalue weighted by Crippen LogP contribution is 2.31. The van der Waals surface area contributed by atoms with E-state index in [2.05, 4.69) is 24.1 Å². The van der Waals surface area contributed by atoms with E-state index in [9.17, 15) is 10.1 Å². The molecule has 0 radical (unpaired) electrons. The molecule has 136 valence electrons. The maximum Gasteiger partial charge on any atom is 0.255 e. The second kappa shape index (κ2) is 9.65. The third-order valence-electron chi connectivity index (χ3n) is 4.64. The van der Waals surface area contributed by atoms with Gasteiger partial charge in [0.2, 0.25) is 0 Å². The summed E-state index contributed by atoms with van der Waals surface area (Å²) in [5.41, 5.74) is 0.668. The molecule has 0 aromatic heterocycles. The van der Waals surface area contributed by atoms with Crippen molar-refractivity contribution in [1.29, 1.82) is 5.26 Å². The average Bonchev–Trinajstić information content (AvgIpc) is 3.12. The van der Waals surface area contributed by atoms with Gasteiger partial charge >= 0.3 is 0 Å². The van der Waals surface area contributed by atoms with Gasteiger partial charge in [-0.3, -0.25) is 4.79 Å². The van der Waals surface area contributed by atoms with Crippen molar-refractivity contribution in [3.63, 3.8) is 0 Å². The van der Waals surface area contributed by atoms with Crippen LogP contribution in [0.4, 0.5) is 0 Å². The number of nitriles is 1. The minimum Gasteiger partial charge on any atom is -0.490 e. The highest BCUT2D eigenvalue weighted by molar-refractivity contribution is 6.32. The maximum atomic E-state index is 12.6. The lowest BCUT2D eigenvalue weighted by atomic mass is 10.1. The SMILES string of the molecule is CCN(CC)CCNC(=O)c1cc(C#N)c(Cl)cc1OC1CCCC1. The molecule has 0 atom stereocenters. The molecule has 0 aliphatic heterocycles. The number of hydrogen-bond acceptors (Lipinski definition) is 4. The predicted molar refractivity (Wildman–Crippen MR) is 99.2 cm³/mol. The zero-order valence-corrected chi connectivity index (χ0v) is 15.7. The fraction of sp³-hybridized carbons (Fsp3) is 0.579. The lowest BCUT2D eigenvalue weighted by Gasteiger charge is -2.19. The summed E-state index contributed by atoms with van der Waals surface area (Å²) >= 11 is 6.13. The summed E-state index contributed by atoms with van der Waals surface area (Å²) in [6.07, 6.45) is 4.37. The number of carbonyl (C=O) groups excluding carboxylic acids is 1. The average molecular weight is 364 g/mol. The first kappa shape index (κ1) is 19.6. The Morgan fingerprint density at radius 2 is 2.04 bits per heavy atom. The number of halogens is 1. The highest BCUT2D eigenvalue weighted by atomic mass is 35.5. The van der Waals surface area contributed by atoms with E-state index in [0.29, 0.717) is 22.9 Å². The Bertz CT molecular complexity index is 632. The molecule has 5 nitrogen and oxygen atoms in total. The van der Waals surface area contributed by atoms with Gasteiger partial charge in [-0.05, 0) is 44.8 Å². The van der Waals surface area contributed by atoms with Crippen LogP contribution in [0.1, 0.15) is 55.5 Å². The molecule has 1 aliphatic carbocycles. The fourth-order valence-corrected chi connectivity index (χ4v) is 3.26. The Balaban J connectivity index is 2.12. The standard InChI is InChI=1S/C19H26ClN3O2/c1-3-23(4-2)10-9-22-19(24)16-11-14(13-21)17(20)12-18(16)25-15-7-5-6-8-15/h11-12,15H,3-10H2,1-2H3,(H,22,24). The molecule has 25 heavy (non-hydrogen) atoms. The smallest absolute Gasteiger partial charge is 0.255 e. The molecule has 1 aromatic rings. The molecule has 2 rings (SSSR count). The van der Waals surface area contributed by atoms with Gasteiger partial charge in [0.05, 0.1) is 22.3 Å². The Kier molecular flexibility index (Phi) is 7.54. The molecule has 1 fully saturated rings. The number of nitrogens with zero attached hydrogens (tertiary/aromatic N) is 2. The van der Waals surface area contributed by atoms with Crippen LogP contribution >= 0.6 is 11.6 Å². The molecule has 0 heterocycles. The van der Waals surface area contributed by atoms with Crippen LogP contribution in [-0.4, -0.2) is 43.1 Å². The van der Waals surface area contributed by atoms with Crippen LogP contribution in [0.5, 0.6) is 5.75 Å². The molecule has 0 saturated heterocycles. The van der Waals surface area contributed by atoms with Crippen molar-refractivity contribution in [2.75, 3.05) is 26.2 Å². The van der Waals surface area contributed by atoms with Crippen LogP contribution in [0.25, 0.3) is 0 Å². The Hall–Kier alpha value is -1.77. The van der Waals surface area contributed by atoms with E-state index < -0.39 is 0 Å². The Labute approximate surface area is 154 Å². The van der Waals surface area contributed by atoms with Gasteiger partial charge in [0.1, 0.15) is 11.8 Å². The molecule has 1 amide bonds. The van der Waals surface area contributed by atoms with E-state index >= 15 is 0 Å². The van der Waals surface area contributed by atoms with E-state index in [4.69, 9.17) is 16.3 Å². The van der Waals surface area contributed by atoms with E-state index in [-0.39, 0.29) is 17.6 Å². The van der Waals surface area contributed by atoms with Crippen LogP contribution in [-0.2, 0) is 0 Å². The predicted octanol–water partition coefficient (Wildman–Crippen LogP) is 3.60. The molecular formula is C19H26ClN3O2. The van der Waals surface area contributed by atoms with Crippen molar-refractivity contribution in [1.82, 2.24) is 10.2 Å². The van der Waals surface area contributed by atoms with Crippen molar-refractivity contribution in [2.45, 2.75) is 45.6 Å². The first-order valence-electron chi connectivity index (χ1n) is 8.99. The third kappa shape index (κ3) is 5.35. The summed E-state index contributed by atoms with van der Waals surface area (Å²) < 4.78 is 6.01. The Morgan fingerprint density at radius 1 is 1.36 bits per heavy atom. The van der Waals surface area contributed by atoms with E-state index in [1.807, 2.05) is 6.07 Å². The summed E-state index contributed by atoms with van der Waals surface area (Å²) in [5, 5.41) is 12.4. The molecule has 6 heteroatoms. The second-order valence-electron chi connectivity index (χ2n) is 6.25. The normalized spacial score (nSPS) is 14.5. The number of hydrogen-bond donors (Lipinski definition) is 1. The number of amides is 1. The van der Waals surface area contributed by atoms with Crippen LogP contribution < -0.4 is 10.1 Å². The summed E-state index contributed by atoms with van der Waals surface area (Å²) in [7, 11) is 0. The summed E-state index contributed by atoms with van der Waals surface area (Å²) in [6, 6.07) is 5.15. The highest BCUT2D eigenvalue weighted by Gasteiger charge is 2.22. The Morgan fingerprint density at radius 3 is 2.64 bits per heavy atom. The third-order valence-corrected chi connectivity index (χ3v) is 4.95. The van der Waals surface area contributed by atoms with E-state index in [0.717, 1.165) is 45.3 Å². The monoisotopic (exact) mass is 363 g/mol. The molecule has 1 saturated carbocycles. The van der Waals surface area contributed by atoms with Gasteiger partial charge in [-0.25, -0.2) is 0 Å². The summed E-state index contributed by atoms with van der Waals surface area (Å²) in [4.78, 5) is 14.8. The van der Waals surface area contributed by atoms with Crippen LogP contribution in [0.15, 0.2) is 12.1 Å². The first-order valence-corrected chi connectivity index (χ1v) is 9.37. The molecule has 1 aliphatic rings. The quantitative estimate of drug-likeness (QED) is 0.766. The summed E-state index contributed by atoms with van der Waals surface area (Å²) in [5.74, 6) is 0.240. The molecule has 1 N–H and O–H groups in total. The van der Waals surface area contributed by atoms with Crippen LogP contribution in [0, 0.1) is 11.3 Å². The van der Waals surface area contributed by atoms with Crippen LogP contribution in [0.3, 0.4) is 0 Å². The lowest BCUT2D eigenvalue weighted by Crippen LogP contribution is -2.35. The topological polar surface area (TPSA) is 65.4 Å². The number of nitrogens with one attached hydrogen (secondary N) is 1. The van der Waals surface area contributed by atoms with Gasteiger partial charge < -0.3 is 15.0 Å². The molecule has 0 spiro atoms. The molecule has 0 unspecified atom stereocenters. The number of carbonyl (C=O) groups is 1. The van der Waals surface area contributed by atoms with E-state index in [1.165, 1.54) is 6.07 Å². The number of likely N-dealkylation sites (N-methyl/N-ethyl adjacent to an activating group) is 1. The number of ether oxygens (including phenoxy) is 1. The zero-order valence-electron chi connectivity index (χ0n) is 15.0. The minimum absolute atomic E-state index is 0.117. The minimum atomic E-state index is -0.228. The first-order chi connectivity index (χ1) is 12.1. The fourth-order valence-electron chi connectivity index (χ4n) is 3.06. The van der Waals surface area contributed by atoms with Gasteiger partial charge in [0.15, 0.2) is 0 Å². The van der Waals surface area contributed by atoms with Crippen molar-refractivity contribution in [3.05, 3.63) is 28.3 Å². The molecule has 1 aromatic carbocycles. The van der Waals surface area contributed by atoms with Crippen molar-refractivity contribution < 1.29 is 9.53 Å². The van der Waals surface area contributed by atoms with Crippen molar-refractivity contribution >= 4 is 17.5 Å². The number of benzene rings is 1. The number of rotatable bonds is 8. The van der Waals surface area contributed by atoms with Gasteiger partial charge in [0, 0.05) is 19.2 Å². The van der Waals surface area contributed by atoms with Crippen molar-refractivity contribution in [3.8, 4) is 11.8 Å². The summed E-state index contributed by atoms with van der Waals surface area (Å²) in [6.45, 7) is 7.42. The second-order valence-corrected chi connectivity index (χ2v) is 6.65. The lowest BCUT2D eigenvalue weighted by molar-refractivity contribution is 0.0941. The molecular weight excluding hydrogens is 338 g/mol. The van der Waals surface area contributed by atoms with Gasteiger partial charge in [-0.1, -0.05) is 25.4 Å². The zero-order chi connectivity index (χ0) is 18.2.